The molecule has 0 saturated carbocycles. The van der Waals surface area contributed by atoms with E-state index < -0.39 is 0 Å². The van der Waals surface area contributed by atoms with E-state index in [0.29, 0.717) is 18.8 Å². The third kappa shape index (κ3) is 3.89. The third-order valence-electron chi connectivity index (χ3n) is 3.37. The number of methoxy groups -OCH3 is 3. The van der Waals surface area contributed by atoms with Crippen molar-refractivity contribution in [3.8, 4) is 17.2 Å². The summed E-state index contributed by atoms with van der Waals surface area (Å²) in [5.41, 5.74) is 1.77. The summed E-state index contributed by atoms with van der Waals surface area (Å²) in [5.74, 6) is 1.88. The first-order valence-corrected chi connectivity index (χ1v) is 6.92. The van der Waals surface area contributed by atoms with Gasteiger partial charge in [0.15, 0.2) is 0 Å². The first-order valence-electron chi connectivity index (χ1n) is 6.92. The van der Waals surface area contributed by atoms with Gasteiger partial charge in [0.25, 0.3) is 0 Å². The lowest BCUT2D eigenvalue weighted by atomic mass is 10.1. The Hall–Kier alpha value is -2.27. The van der Waals surface area contributed by atoms with Gasteiger partial charge in [0.2, 0.25) is 0 Å². The Bertz CT molecular complexity index is 631. The van der Waals surface area contributed by atoms with Gasteiger partial charge >= 0.3 is 0 Å². The monoisotopic (exact) mass is 305 g/mol. The molecule has 0 heterocycles. The van der Waals surface area contributed by atoms with Crippen LogP contribution in [0.5, 0.6) is 17.2 Å². The van der Waals surface area contributed by atoms with Crippen LogP contribution in [-0.4, -0.2) is 21.3 Å². The topological polar surface area (TPSA) is 39.7 Å². The number of nitrogens with one attached hydrogen (secondary N) is 1. The van der Waals surface area contributed by atoms with E-state index in [9.17, 15) is 4.39 Å². The Labute approximate surface area is 129 Å². The van der Waals surface area contributed by atoms with Gasteiger partial charge in [-0.15, -0.1) is 0 Å². The van der Waals surface area contributed by atoms with Crippen molar-refractivity contribution >= 4 is 0 Å². The summed E-state index contributed by atoms with van der Waals surface area (Å²) >= 11 is 0. The zero-order valence-corrected chi connectivity index (χ0v) is 13.0. The summed E-state index contributed by atoms with van der Waals surface area (Å²) in [6, 6.07) is 10.1. The number of hydrogen-bond donors (Lipinski definition) is 1. The van der Waals surface area contributed by atoms with E-state index in [4.69, 9.17) is 14.2 Å². The molecular weight excluding hydrogens is 285 g/mol. The van der Waals surface area contributed by atoms with Gasteiger partial charge in [0.05, 0.1) is 21.3 Å². The van der Waals surface area contributed by atoms with Gasteiger partial charge in [-0.3, -0.25) is 0 Å². The van der Waals surface area contributed by atoms with Crippen LogP contribution in [0.3, 0.4) is 0 Å². The molecule has 1 N–H and O–H groups in total. The van der Waals surface area contributed by atoms with Crippen molar-refractivity contribution in [1.29, 1.82) is 0 Å². The van der Waals surface area contributed by atoms with Crippen LogP contribution in [0.4, 0.5) is 4.39 Å². The fourth-order valence-electron chi connectivity index (χ4n) is 2.22. The molecule has 2 rings (SSSR count). The average Bonchev–Trinajstić information content (AvgIpc) is 2.55. The lowest BCUT2D eigenvalue weighted by Crippen LogP contribution is -2.14. The molecule has 0 saturated heterocycles. The molecule has 22 heavy (non-hydrogen) atoms. The van der Waals surface area contributed by atoms with Crippen molar-refractivity contribution in [3.05, 3.63) is 53.3 Å². The van der Waals surface area contributed by atoms with Gasteiger partial charge in [0.1, 0.15) is 23.1 Å². The Morgan fingerprint density at radius 3 is 2.23 bits per heavy atom. The van der Waals surface area contributed by atoms with E-state index >= 15 is 0 Å². The fraction of sp³-hybridized carbons (Fsp3) is 0.294. The van der Waals surface area contributed by atoms with Crippen LogP contribution in [-0.2, 0) is 13.1 Å². The van der Waals surface area contributed by atoms with Gasteiger partial charge in [-0.1, -0.05) is 6.07 Å². The van der Waals surface area contributed by atoms with E-state index in [2.05, 4.69) is 5.32 Å². The highest BCUT2D eigenvalue weighted by Crippen LogP contribution is 2.25. The summed E-state index contributed by atoms with van der Waals surface area (Å²) in [7, 11) is 4.81. The first-order chi connectivity index (χ1) is 10.7. The largest absolute Gasteiger partial charge is 0.497 e. The van der Waals surface area contributed by atoms with E-state index in [0.717, 1.165) is 22.6 Å². The maximum Gasteiger partial charge on any atom is 0.127 e. The molecule has 0 bridgehead atoms. The normalized spacial score (nSPS) is 10.4. The second kappa shape index (κ2) is 7.66. The van der Waals surface area contributed by atoms with Gasteiger partial charge in [-0.25, -0.2) is 4.39 Å². The number of benzene rings is 2. The van der Waals surface area contributed by atoms with Crippen LogP contribution >= 0.6 is 0 Å². The zero-order valence-electron chi connectivity index (χ0n) is 13.0. The molecule has 0 unspecified atom stereocenters. The predicted octanol–water partition coefficient (Wildman–Crippen LogP) is 3.14. The molecule has 0 aliphatic carbocycles. The highest BCUT2D eigenvalue weighted by molar-refractivity contribution is 5.41. The molecule has 0 amide bonds. The number of halogens is 1. The van der Waals surface area contributed by atoms with Crippen LogP contribution in [0.2, 0.25) is 0 Å². The first kappa shape index (κ1) is 16.1. The van der Waals surface area contributed by atoms with E-state index in [1.165, 1.54) is 12.1 Å². The maximum atomic E-state index is 13.3. The predicted molar refractivity (Wildman–Crippen MR) is 83.0 cm³/mol. The van der Waals surface area contributed by atoms with Crippen molar-refractivity contribution in [2.45, 2.75) is 13.1 Å². The Morgan fingerprint density at radius 2 is 1.55 bits per heavy atom. The second-order valence-electron chi connectivity index (χ2n) is 4.74. The Morgan fingerprint density at radius 1 is 0.818 bits per heavy atom. The SMILES string of the molecule is COc1ccc(CNCc2cc(F)ccc2OC)c(OC)c1. The van der Waals surface area contributed by atoms with Crippen molar-refractivity contribution in [1.82, 2.24) is 5.32 Å². The molecule has 0 aromatic heterocycles. The lowest BCUT2D eigenvalue weighted by Gasteiger charge is -2.13. The standard InChI is InChI=1S/C17H20FNO3/c1-20-15-6-4-12(17(9-15)22-3)10-19-11-13-8-14(18)5-7-16(13)21-2/h4-9,19H,10-11H2,1-3H3. The lowest BCUT2D eigenvalue weighted by molar-refractivity contribution is 0.389. The number of ether oxygens (including phenoxy) is 3. The van der Waals surface area contributed by atoms with E-state index in [1.54, 1.807) is 27.4 Å². The van der Waals surface area contributed by atoms with Crippen molar-refractivity contribution in [3.63, 3.8) is 0 Å². The quantitative estimate of drug-likeness (QED) is 0.853. The van der Waals surface area contributed by atoms with E-state index in [1.807, 2.05) is 18.2 Å². The molecule has 4 nitrogen and oxygen atoms in total. The van der Waals surface area contributed by atoms with Crippen LogP contribution in [0.1, 0.15) is 11.1 Å². The smallest absolute Gasteiger partial charge is 0.127 e. The molecule has 0 atom stereocenters. The molecule has 0 spiro atoms. The minimum absolute atomic E-state index is 0.278. The molecule has 2 aromatic rings. The van der Waals surface area contributed by atoms with Gasteiger partial charge < -0.3 is 19.5 Å². The highest BCUT2D eigenvalue weighted by Gasteiger charge is 2.07. The van der Waals surface area contributed by atoms with Crippen molar-refractivity contribution < 1.29 is 18.6 Å². The van der Waals surface area contributed by atoms with Crippen LogP contribution < -0.4 is 19.5 Å². The summed E-state index contributed by atoms with van der Waals surface area (Å²) in [4.78, 5) is 0. The summed E-state index contributed by atoms with van der Waals surface area (Å²) in [6.07, 6.45) is 0. The minimum atomic E-state index is -0.278. The van der Waals surface area contributed by atoms with Crippen LogP contribution in [0.25, 0.3) is 0 Å². The average molecular weight is 305 g/mol. The third-order valence-corrected chi connectivity index (χ3v) is 3.37. The number of rotatable bonds is 7. The fourth-order valence-corrected chi connectivity index (χ4v) is 2.22. The Kier molecular flexibility index (Phi) is 5.61. The second-order valence-corrected chi connectivity index (χ2v) is 4.74. The summed E-state index contributed by atoms with van der Waals surface area (Å²) in [5, 5.41) is 3.26. The molecule has 0 aliphatic rings. The van der Waals surface area contributed by atoms with Crippen LogP contribution in [0.15, 0.2) is 36.4 Å². The molecule has 0 fully saturated rings. The molecular formula is C17H20FNO3. The minimum Gasteiger partial charge on any atom is -0.497 e. The molecule has 0 radical (unpaired) electrons. The highest BCUT2D eigenvalue weighted by atomic mass is 19.1. The van der Waals surface area contributed by atoms with Gasteiger partial charge in [-0.05, 0) is 24.3 Å². The maximum absolute atomic E-state index is 13.3. The van der Waals surface area contributed by atoms with Gasteiger partial charge in [0, 0.05) is 30.3 Å². The zero-order chi connectivity index (χ0) is 15.9. The molecule has 0 aliphatic heterocycles. The molecule has 118 valence electrons. The molecule has 5 heteroatoms. The van der Waals surface area contributed by atoms with Crippen molar-refractivity contribution in [2.75, 3.05) is 21.3 Å². The van der Waals surface area contributed by atoms with Crippen LogP contribution in [0, 0.1) is 5.82 Å². The van der Waals surface area contributed by atoms with Crippen molar-refractivity contribution in [2.24, 2.45) is 0 Å². The van der Waals surface area contributed by atoms with E-state index in [-0.39, 0.29) is 5.82 Å². The van der Waals surface area contributed by atoms with Gasteiger partial charge in [-0.2, -0.15) is 0 Å². The summed E-state index contributed by atoms with van der Waals surface area (Å²) < 4.78 is 29.1. The molecule has 2 aromatic carbocycles. The Balaban J connectivity index is 2.03. The number of hydrogen-bond acceptors (Lipinski definition) is 4. The summed E-state index contributed by atoms with van der Waals surface area (Å²) in [6.45, 7) is 1.09.